The van der Waals surface area contributed by atoms with E-state index in [0.29, 0.717) is 11.8 Å². The summed E-state index contributed by atoms with van der Waals surface area (Å²) in [6.07, 6.45) is 8.24. The number of rotatable bonds is 4. The fraction of sp³-hybridized carbons (Fsp3) is 0.526. The zero-order valence-corrected chi connectivity index (χ0v) is 14.0. The van der Waals surface area contributed by atoms with Gasteiger partial charge in [-0.05, 0) is 43.4 Å². The fourth-order valence-corrected chi connectivity index (χ4v) is 3.57. The third kappa shape index (κ3) is 3.52. The Labute approximate surface area is 138 Å². The third-order valence-electron chi connectivity index (χ3n) is 4.96. The van der Waals surface area contributed by atoms with E-state index in [-0.39, 0.29) is 5.92 Å². The van der Waals surface area contributed by atoms with Crippen molar-refractivity contribution in [2.24, 2.45) is 5.92 Å². The second-order valence-corrected chi connectivity index (χ2v) is 6.40. The minimum atomic E-state index is 0.179. The summed E-state index contributed by atoms with van der Waals surface area (Å²) in [4.78, 5) is 14.7. The number of hydrogen-bond acceptors (Lipinski definition) is 3. The Hall–Kier alpha value is -1.97. The monoisotopic (exact) mass is 315 g/mol. The van der Waals surface area contributed by atoms with Gasteiger partial charge in [0.1, 0.15) is 11.5 Å². The predicted molar refractivity (Wildman–Crippen MR) is 90.0 cm³/mol. The summed E-state index contributed by atoms with van der Waals surface area (Å²) in [5.74, 6) is 2.48. The lowest BCUT2D eigenvalue weighted by molar-refractivity contribution is -0.134. The van der Waals surface area contributed by atoms with Crippen molar-refractivity contribution in [2.75, 3.05) is 27.3 Å². The Balaban J connectivity index is 1.69. The first kappa shape index (κ1) is 15.9. The van der Waals surface area contributed by atoms with E-state index in [1.807, 2.05) is 11.0 Å². The normalized spacial score (nSPS) is 23.8. The van der Waals surface area contributed by atoms with E-state index in [0.717, 1.165) is 50.3 Å². The Morgan fingerprint density at radius 2 is 1.83 bits per heavy atom. The van der Waals surface area contributed by atoms with Crippen LogP contribution in [-0.4, -0.2) is 38.1 Å². The van der Waals surface area contributed by atoms with E-state index >= 15 is 0 Å². The van der Waals surface area contributed by atoms with Gasteiger partial charge >= 0.3 is 0 Å². The van der Waals surface area contributed by atoms with Gasteiger partial charge in [-0.1, -0.05) is 12.2 Å². The van der Waals surface area contributed by atoms with Gasteiger partial charge in [-0.25, -0.2) is 0 Å². The Kier molecular flexibility index (Phi) is 4.89. The van der Waals surface area contributed by atoms with Crippen LogP contribution in [0.25, 0.3) is 0 Å². The van der Waals surface area contributed by atoms with Gasteiger partial charge in [0, 0.05) is 31.0 Å². The van der Waals surface area contributed by atoms with Gasteiger partial charge in [-0.2, -0.15) is 0 Å². The van der Waals surface area contributed by atoms with Crippen LogP contribution in [0.4, 0.5) is 0 Å². The maximum Gasteiger partial charge on any atom is 0.226 e. The molecule has 0 aromatic heterocycles. The van der Waals surface area contributed by atoms with Crippen LogP contribution < -0.4 is 9.47 Å². The standard InChI is InChI=1S/C19H25NO3/c1-22-17-10-16(11-18(12-17)23-2)15-8-9-20(13-15)19(21)14-6-4-3-5-7-14/h3-4,10-12,14-15H,5-9,13H2,1-2H3/t14-,15+/m0/s1. The Morgan fingerprint density at radius 3 is 2.43 bits per heavy atom. The maximum atomic E-state index is 12.7. The minimum absolute atomic E-state index is 0.179. The van der Waals surface area contributed by atoms with E-state index in [9.17, 15) is 4.79 Å². The minimum Gasteiger partial charge on any atom is -0.497 e. The first-order valence-corrected chi connectivity index (χ1v) is 8.38. The number of allylic oxidation sites excluding steroid dienone is 2. The highest BCUT2D eigenvalue weighted by Crippen LogP contribution is 2.34. The van der Waals surface area contributed by atoms with Crippen LogP contribution in [0.1, 0.15) is 37.2 Å². The molecule has 0 spiro atoms. The van der Waals surface area contributed by atoms with Gasteiger partial charge in [0.05, 0.1) is 14.2 Å². The van der Waals surface area contributed by atoms with Gasteiger partial charge in [-0.3, -0.25) is 4.79 Å². The highest BCUT2D eigenvalue weighted by molar-refractivity contribution is 5.79. The van der Waals surface area contributed by atoms with Gasteiger partial charge in [-0.15, -0.1) is 0 Å². The predicted octanol–water partition coefficient (Wildman–Crippen LogP) is 3.38. The number of carbonyl (C=O) groups is 1. The van der Waals surface area contributed by atoms with Crippen LogP contribution in [0.5, 0.6) is 11.5 Å². The molecule has 1 saturated heterocycles. The van der Waals surface area contributed by atoms with Crippen LogP contribution in [-0.2, 0) is 4.79 Å². The molecule has 1 aliphatic carbocycles. The molecule has 0 N–H and O–H groups in total. The molecule has 1 heterocycles. The van der Waals surface area contributed by atoms with E-state index in [2.05, 4.69) is 24.3 Å². The first-order chi connectivity index (χ1) is 11.2. The third-order valence-corrected chi connectivity index (χ3v) is 4.96. The molecule has 4 heteroatoms. The van der Waals surface area contributed by atoms with Crippen LogP contribution in [0.3, 0.4) is 0 Å². The van der Waals surface area contributed by atoms with E-state index in [1.165, 1.54) is 5.56 Å². The van der Waals surface area contributed by atoms with Crippen LogP contribution in [0.2, 0.25) is 0 Å². The summed E-state index contributed by atoms with van der Waals surface area (Å²) in [7, 11) is 3.33. The number of nitrogens with zero attached hydrogens (tertiary/aromatic N) is 1. The van der Waals surface area contributed by atoms with E-state index < -0.39 is 0 Å². The van der Waals surface area contributed by atoms with Crippen LogP contribution in [0, 0.1) is 5.92 Å². The number of likely N-dealkylation sites (tertiary alicyclic amines) is 1. The van der Waals surface area contributed by atoms with Crippen LogP contribution in [0.15, 0.2) is 30.4 Å². The second-order valence-electron chi connectivity index (χ2n) is 6.40. The number of ether oxygens (including phenoxy) is 2. The average Bonchev–Trinajstić information content (AvgIpc) is 3.11. The molecule has 124 valence electrons. The van der Waals surface area contributed by atoms with Crippen molar-refractivity contribution in [2.45, 2.75) is 31.6 Å². The zero-order valence-electron chi connectivity index (χ0n) is 14.0. The molecule has 0 radical (unpaired) electrons. The van der Waals surface area contributed by atoms with Gasteiger partial charge in [0.25, 0.3) is 0 Å². The van der Waals surface area contributed by atoms with Gasteiger partial charge in [0.2, 0.25) is 5.91 Å². The molecule has 2 aliphatic rings. The van der Waals surface area contributed by atoms with Gasteiger partial charge in [0.15, 0.2) is 0 Å². The summed E-state index contributed by atoms with van der Waals surface area (Å²) in [6.45, 7) is 1.65. The largest absolute Gasteiger partial charge is 0.497 e. The molecule has 23 heavy (non-hydrogen) atoms. The summed E-state index contributed by atoms with van der Waals surface area (Å²) in [5.41, 5.74) is 1.19. The lowest BCUT2D eigenvalue weighted by atomic mass is 9.93. The molecule has 1 fully saturated rings. The number of hydrogen-bond donors (Lipinski definition) is 0. The summed E-state index contributed by atoms with van der Waals surface area (Å²) in [5, 5.41) is 0. The van der Waals surface area contributed by atoms with Crippen molar-refractivity contribution in [3.63, 3.8) is 0 Å². The molecular formula is C19H25NO3. The fourth-order valence-electron chi connectivity index (χ4n) is 3.57. The van der Waals surface area contributed by atoms with Crippen molar-refractivity contribution >= 4 is 5.91 Å². The van der Waals surface area contributed by atoms with E-state index in [1.54, 1.807) is 14.2 Å². The lowest BCUT2D eigenvalue weighted by Gasteiger charge is -2.24. The SMILES string of the molecule is COc1cc(OC)cc([C@@H]2CCN(C(=O)[C@H]3CC=CCC3)C2)c1. The summed E-state index contributed by atoms with van der Waals surface area (Å²) >= 11 is 0. The van der Waals surface area contributed by atoms with Crippen molar-refractivity contribution in [1.82, 2.24) is 4.90 Å². The molecule has 1 aromatic rings. The highest BCUT2D eigenvalue weighted by Gasteiger charge is 2.31. The molecule has 1 aliphatic heterocycles. The molecule has 0 unspecified atom stereocenters. The second kappa shape index (κ2) is 7.07. The van der Waals surface area contributed by atoms with Crippen molar-refractivity contribution in [3.05, 3.63) is 35.9 Å². The molecule has 0 bridgehead atoms. The number of methoxy groups -OCH3 is 2. The lowest BCUT2D eigenvalue weighted by Crippen LogP contribution is -2.34. The topological polar surface area (TPSA) is 38.8 Å². The average molecular weight is 315 g/mol. The highest BCUT2D eigenvalue weighted by atomic mass is 16.5. The summed E-state index contributed by atoms with van der Waals surface area (Å²) in [6, 6.07) is 6.00. The number of amides is 1. The summed E-state index contributed by atoms with van der Waals surface area (Å²) < 4.78 is 10.7. The van der Waals surface area contributed by atoms with Crippen molar-refractivity contribution < 1.29 is 14.3 Å². The molecule has 1 aromatic carbocycles. The van der Waals surface area contributed by atoms with E-state index in [4.69, 9.17) is 9.47 Å². The van der Waals surface area contributed by atoms with Gasteiger partial charge < -0.3 is 14.4 Å². The molecule has 2 atom stereocenters. The Bertz CT molecular complexity index is 574. The van der Waals surface area contributed by atoms with Crippen LogP contribution >= 0.6 is 0 Å². The molecule has 0 saturated carbocycles. The van der Waals surface area contributed by atoms with Crippen molar-refractivity contribution in [3.8, 4) is 11.5 Å². The maximum absolute atomic E-state index is 12.7. The Morgan fingerprint density at radius 1 is 1.09 bits per heavy atom. The molecule has 4 nitrogen and oxygen atoms in total. The number of benzene rings is 1. The first-order valence-electron chi connectivity index (χ1n) is 8.38. The zero-order chi connectivity index (χ0) is 16.2. The quantitative estimate of drug-likeness (QED) is 0.800. The van der Waals surface area contributed by atoms with Crippen molar-refractivity contribution in [1.29, 1.82) is 0 Å². The molecular weight excluding hydrogens is 290 g/mol. The molecule has 3 rings (SSSR count). The number of carbonyl (C=O) groups excluding carboxylic acids is 1. The molecule has 1 amide bonds. The smallest absolute Gasteiger partial charge is 0.226 e.